The van der Waals surface area contributed by atoms with Crippen molar-refractivity contribution in [3.63, 3.8) is 0 Å². The molecule has 1 aliphatic rings. The molecule has 1 saturated carbocycles. The first-order valence-corrected chi connectivity index (χ1v) is 7.06. The minimum atomic E-state index is -0.00742. The Morgan fingerprint density at radius 3 is 2.62 bits per heavy atom. The first kappa shape index (κ1) is 14.0. The molecule has 96 valence electrons. The fourth-order valence-corrected chi connectivity index (χ4v) is 2.60. The molecule has 2 nitrogen and oxygen atoms in total. The molecule has 4 atom stereocenters. The second kappa shape index (κ2) is 7.29. The molecule has 0 radical (unpaired) electrons. The van der Waals surface area contributed by atoms with Gasteiger partial charge in [0.2, 0.25) is 0 Å². The van der Waals surface area contributed by atoms with Crippen LogP contribution in [0, 0.1) is 11.8 Å². The van der Waals surface area contributed by atoms with Crippen molar-refractivity contribution in [2.45, 2.75) is 71.4 Å². The van der Waals surface area contributed by atoms with Crippen molar-refractivity contribution in [1.29, 1.82) is 0 Å². The van der Waals surface area contributed by atoms with E-state index in [1.807, 2.05) is 0 Å². The first-order chi connectivity index (χ1) is 7.65. The molecular weight excluding hydrogens is 198 g/mol. The van der Waals surface area contributed by atoms with Crippen molar-refractivity contribution in [2.24, 2.45) is 11.8 Å². The Labute approximate surface area is 101 Å². The molecule has 0 heterocycles. The lowest BCUT2D eigenvalue weighted by atomic mass is 9.98. The van der Waals surface area contributed by atoms with Crippen LogP contribution in [0.25, 0.3) is 0 Å². The normalized spacial score (nSPS) is 29.2. The van der Waals surface area contributed by atoms with E-state index in [-0.39, 0.29) is 6.10 Å². The predicted octanol–water partition coefficient (Wildman–Crippen LogP) is 2.95. The lowest BCUT2D eigenvalue weighted by molar-refractivity contribution is 0.126. The van der Waals surface area contributed by atoms with Gasteiger partial charge in [0.15, 0.2) is 0 Å². The summed E-state index contributed by atoms with van der Waals surface area (Å²) in [4.78, 5) is 0. The molecular formula is C14H29NO. The Morgan fingerprint density at radius 2 is 2.06 bits per heavy atom. The van der Waals surface area contributed by atoms with E-state index in [9.17, 15) is 5.11 Å². The van der Waals surface area contributed by atoms with Crippen LogP contribution in [0.1, 0.15) is 59.3 Å². The third-order valence-electron chi connectivity index (χ3n) is 4.33. The summed E-state index contributed by atoms with van der Waals surface area (Å²) in [5.74, 6) is 1.35. The maximum absolute atomic E-state index is 9.70. The zero-order valence-electron chi connectivity index (χ0n) is 11.2. The Balaban J connectivity index is 2.03. The smallest absolute Gasteiger partial charge is 0.0568 e. The van der Waals surface area contributed by atoms with Gasteiger partial charge in [-0.25, -0.2) is 0 Å². The van der Waals surface area contributed by atoms with Crippen LogP contribution in [0.3, 0.4) is 0 Å². The predicted molar refractivity (Wildman–Crippen MR) is 69.5 cm³/mol. The van der Waals surface area contributed by atoms with Gasteiger partial charge in [0, 0.05) is 6.04 Å². The summed E-state index contributed by atoms with van der Waals surface area (Å²) < 4.78 is 0. The minimum Gasteiger partial charge on any atom is -0.393 e. The van der Waals surface area contributed by atoms with Crippen molar-refractivity contribution < 1.29 is 5.11 Å². The molecule has 1 aliphatic carbocycles. The van der Waals surface area contributed by atoms with Gasteiger partial charge in [0.05, 0.1) is 6.10 Å². The van der Waals surface area contributed by atoms with Crippen molar-refractivity contribution in [3.05, 3.63) is 0 Å². The van der Waals surface area contributed by atoms with Gasteiger partial charge in [0.1, 0.15) is 0 Å². The standard InChI is InChI=1S/C14H29NO/c1-4-11(2)12(3)15-10-6-8-13-7-5-9-14(13)16/h11-16H,4-10H2,1-3H3. The summed E-state index contributed by atoms with van der Waals surface area (Å²) in [5.41, 5.74) is 0. The summed E-state index contributed by atoms with van der Waals surface area (Å²) >= 11 is 0. The molecule has 0 spiro atoms. The summed E-state index contributed by atoms with van der Waals surface area (Å²) in [6, 6.07) is 0.624. The Kier molecular flexibility index (Phi) is 6.37. The highest BCUT2D eigenvalue weighted by Crippen LogP contribution is 2.28. The zero-order chi connectivity index (χ0) is 12.0. The lowest BCUT2D eigenvalue weighted by Crippen LogP contribution is -2.32. The SMILES string of the molecule is CCC(C)C(C)NCCCC1CCCC1O. The molecule has 0 aromatic heterocycles. The monoisotopic (exact) mass is 227 g/mol. The third-order valence-corrected chi connectivity index (χ3v) is 4.33. The van der Waals surface area contributed by atoms with E-state index in [4.69, 9.17) is 0 Å². The molecule has 0 aromatic rings. The van der Waals surface area contributed by atoms with Crippen LogP contribution in [-0.4, -0.2) is 23.8 Å². The Bertz CT molecular complexity index is 184. The largest absolute Gasteiger partial charge is 0.393 e. The summed E-state index contributed by atoms with van der Waals surface area (Å²) in [7, 11) is 0. The highest BCUT2D eigenvalue weighted by Gasteiger charge is 2.24. The average Bonchev–Trinajstić information content (AvgIpc) is 2.69. The summed E-state index contributed by atoms with van der Waals surface area (Å²) in [5, 5.41) is 13.3. The van der Waals surface area contributed by atoms with E-state index in [1.165, 1.54) is 32.1 Å². The highest BCUT2D eigenvalue weighted by atomic mass is 16.3. The number of hydrogen-bond acceptors (Lipinski definition) is 2. The van der Waals surface area contributed by atoms with Gasteiger partial charge in [-0.2, -0.15) is 0 Å². The van der Waals surface area contributed by atoms with Gasteiger partial charge in [0.25, 0.3) is 0 Å². The molecule has 0 aromatic carbocycles. The fourth-order valence-electron chi connectivity index (χ4n) is 2.60. The highest BCUT2D eigenvalue weighted by molar-refractivity contribution is 4.77. The topological polar surface area (TPSA) is 32.3 Å². The van der Waals surface area contributed by atoms with Gasteiger partial charge in [-0.05, 0) is 51.0 Å². The third kappa shape index (κ3) is 4.42. The van der Waals surface area contributed by atoms with Crippen LogP contribution < -0.4 is 5.32 Å². The van der Waals surface area contributed by atoms with Gasteiger partial charge in [-0.15, -0.1) is 0 Å². The minimum absolute atomic E-state index is 0.00742. The molecule has 2 N–H and O–H groups in total. The van der Waals surface area contributed by atoms with Crippen LogP contribution in [0.2, 0.25) is 0 Å². The maximum Gasteiger partial charge on any atom is 0.0568 e. The summed E-state index contributed by atoms with van der Waals surface area (Å²) in [6.07, 6.45) is 7.14. The van der Waals surface area contributed by atoms with E-state index in [1.54, 1.807) is 0 Å². The van der Waals surface area contributed by atoms with Crippen LogP contribution >= 0.6 is 0 Å². The molecule has 0 aliphatic heterocycles. The van der Waals surface area contributed by atoms with Crippen molar-refractivity contribution in [1.82, 2.24) is 5.32 Å². The van der Waals surface area contributed by atoms with Crippen molar-refractivity contribution >= 4 is 0 Å². The van der Waals surface area contributed by atoms with Gasteiger partial charge < -0.3 is 10.4 Å². The second-order valence-corrected chi connectivity index (χ2v) is 5.53. The average molecular weight is 227 g/mol. The van der Waals surface area contributed by atoms with Crippen molar-refractivity contribution in [2.75, 3.05) is 6.54 Å². The van der Waals surface area contributed by atoms with Crippen LogP contribution in [0.4, 0.5) is 0 Å². The Hall–Kier alpha value is -0.0800. The Morgan fingerprint density at radius 1 is 1.31 bits per heavy atom. The number of hydrogen-bond donors (Lipinski definition) is 2. The van der Waals surface area contributed by atoms with E-state index >= 15 is 0 Å². The summed E-state index contributed by atoms with van der Waals surface area (Å²) in [6.45, 7) is 7.93. The second-order valence-electron chi connectivity index (χ2n) is 5.53. The van der Waals surface area contributed by atoms with Crippen LogP contribution in [0.15, 0.2) is 0 Å². The molecule has 4 unspecified atom stereocenters. The molecule has 0 bridgehead atoms. The molecule has 1 fully saturated rings. The van der Waals surface area contributed by atoms with E-state index in [0.29, 0.717) is 12.0 Å². The van der Waals surface area contributed by atoms with Crippen LogP contribution in [-0.2, 0) is 0 Å². The van der Waals surface area contributed by atoms with Crippen LogP contribution in [0.5, 0.6) is 0 Å². The fraction of sp³-hybridized carbons (Fsp3) is 1.00. The number of rotatable bonds is 7. The van der Waals surface area contributed by atoms with E-state index in [0.717, 1.165) is 18.9 Å². The van der Waals surface area contributed by atoms with Gasteiger partial charge in [-0.1, -0.05) is 26.7 Å². The quantitative estimate of drug-likeness (QED) is 0.655. The first-order valence-electron chi connectivity index (χ1n) is 7.06. The number of nitrogens with one attached hydrogen (secondary N) is 1. The molecule has 16 heavy (non-hydrogen) atoms. The maximum atomic E-state index is 9.70. The van der Waals surface area contributed by atoms with Gasteiger partial charge in [-0.3, -0.25) is 0 Å². The van der Waals surface area contributed by atoms with E-state index in [2.05, 4.69) is 26.1 Å². The molecule has 1 rings (SSSR count). The van der Waals surface area contributed by atoms with Crippen molar-refractivity contribution in [3.8, 4) is 0 Å². The molecule has 2 heteroatoms. The van der Waals surface area contributed by atoms with E-state index < -0.39 is 0 Å². The molecule has 0 amide bonds. The van der Waals surface area contributed by atoms with Gasteiger partial charge >= 0.3 is 0 Å². The number of aliphatic hydroxyl groups is 1. The molecule has 0 saturated heterocycles. The zero-order valence-corrected chi connectivity index (χ0v) is 11.2. The lowest BCUT2D eigenvalue weighted by Gasteiger charge is -2.20. The number of aliphatic hydroxyl groups excluding tert-OH is 1.